The Morgan fingerprint density at radius 2 is 1.91 bits per heavy atom. The van der Waals surface area contributed by atoms with Crippen molar-refractivity contribution in [2.75, 3.05) is 27.2 Å². The predicted octanol–water partition coefficient (Wildman–Crippen LogP) is 0.574. The van der Waals surface area contributed by atoms with Crippen molar-refractivity contribution in [1.82, 2.24) is 18.9 Å². The highest BCUT2D eigenvalue weighted by molar-refractivity contribution is 7.87. The van der Waals surface area contributed by atoms with Crippen molar-refractivity contribution in [3.63, 3.8) is 0 Å². The molecule has 1 aromatic heterocycles. The lowest BCUT2D eigenvalue weighted by atomic mass is 9.92. The Balaban J connectivity index is 2.17. The third-order valence-corrected chi connectivity index (χ3v) is 5.78. The molecule has 1 N–H and O–H groups in total. The number of hydrogen-bond donors (Lipinski definition) is 1. The van der Waals surface area contributed by atoms with Gasteiger partial charge in [-0.1, -0.05) is 13.8 Å². The minimum absolute atomic E-state index is 0.0792. The van der Waals surface area contributed by atoms with E-state index in [0.717, 1.165) is 4.31 Å². The molecule has 0 bridgehead atoms. The Morgan fingerprint density at radius 3 is 2.43 bits per heavy atom. The fraction of sp³-hybridized carbons (Fsp3) is 0.600. The van der Waals surface area contributed by atoms with E-state index in [1.165, 1.54) is 14.1 Å². The molecular weight excluding hydrogens is 316 g/mol. The molecule has 0 spiro atoms. The molecule has 23 heavy (non-hydrogen) atoms. The first-order valence-corrected chi connectivity index (χ1v) is 9.05. The number of nitrogens with zero attached hydrogens (tertiary/aromatic N) is 3. The van der Waals surface area contributed by atoms with E-state index in [2.05, 4.69) is 9.71 Å². The monoisotopic (exact) mass is 340 g/mol. The molecule has 8 heteroatoms. The van der Waals surface area contributed by atoms with Crippen molar-refractivity contribution in [3.8, 4) is 0 Å². The summed E-state index contributed by atoms with van der Waals surface area (Å²) >= 11 is 0. The van der Waals surface area contributed by atoms with Gasteiger partial charge in [0.1, 0.15) is 0 Å². The van der Waals surface area contributed by atoms with Gasteiger partial charge in [0.2, 0.25) is 0 Å². The summed E-state index contributed by atoms with van der Waals surface area (Å²) in [6.45, 7) is 5.00. The van der Waals surface area contributed by atoms with Crippen molar-refractivity contribution >= 4 is 16.1 Å². The molecule has 2 rings (SSSR count). The summed E-state index contributed by atoms with van der Waals surface area (Å²) in [4.78, 5) is 18.2. The van der Waals surface area contributed by atoms with Crippen molar-refractivity contribution in [2.45, 2.75) is 19.9 Å². The summed E-state index contributed by atoms with van der Waals surface area (Å²) in [5.41, 5.74) is 0.568. The van der Waals surface area contributed by atoms with E-state index in [1.54, 1.807) is 29.4 Å². The number of hydrogen-bond acceptors (Lipinski definition) is 4. The molecule has 1 aromatic rings. The van der Waals surface area contributed by atoms with Gasteiger partial charge in [0.05, 0.1) is 0 Å². The van der Waals surface area contributed by atoms with Crippen LogP contribution in [0.4, 0.5) is 0 Å². The van der Waals surface area contributed by atoms with E-state index < -0.39 is 10.2 Å². The molecule has 0 aromatic carbocycles. The molecule has 0 radical (unpaired) electrons. The van der Waals surface area contributed by atoms with E-state index >= 15 is 0 Å². The molecule has 0 aliphatic carbocycles. The Labute approximate surface area is 137 Å². The topological polar surface area (TPSA) is 82.6 Å². The van der Waals surface area contributed by atoms with E-state index in [-0.39, 0.29) is 23.8 Å². The van der Waals surface area contributed by atoms with E-state index in [1.807, 2.05) is 13.8 Å². The molecule has 2 heterocycles. The second kappa shape index (κ2) is 6.94. The fourth-order valence-electron chi connectivity index (χ4n) is 2.77. The van der Waals surface area contributed by atoms with Crippen LogP contribution >= 0.6 is 0 Å². The van der Waals surface area contributed by atoms with Gasteiger partial charge < -0.3 is 4.90 Å². The number of nitrogens with one attached hydrogen (secondary N) is 1. The highest BCUT2D eigenvalue weighted by Crippen LogP contribution is 2.26. The van der Waals surface area contributed by atoms with Crippen molar-refractivity contribution in [1.29, 1.82) is 0 Å². The number of carbonyl (C=O) groups is 1. The molecule has 2 atom stereocenters. The first kappa shape index (κ1) is 17.8. The second-order valence-corrected chi connectivity index (χ2v) is 8.28. The van der Waals surface area contributed by atoms with Gasteiger partial charge in [-0.25, -0.2) is 0 Å². The summed E-state index contributed by atoms with van der Waals surface area (Å²) < 4.78 is 28.1. The van der Waals surface area contributed by atoms with Crippen LogP contribution in [0.2, 0.25) is 0 Å². The van der Waals surface area contributed by atoms with Crippen LogP contribution in [0.3, 0.4) is 0 Å². The number of likely N-dealkylation sites (tertiary alicyclic amines) is 1. The molecule has 7 nitrogen and oxygen atoms in total. The van der Waals surface area contributed by atoms with Crippen molar-refractivity contribution in [2.24, 2.45) is 11.8 Å². The first-order valence-electron chi connectivity index (χ1n) is 7.61. The van der Waals surface area contributed by atoms with Gasteiger partial charge in [0, 0.05) is 51.2 Å². The lowest BCUT2D eigenvalue weighted by Crippen LogP contribution is -2.46. The maximum Gasteiger partial charge on any atom is 0.279 e. The standard InChI is InChI=1S/C15H24N4O3S/c1-11(2)13-9-19(15(20)12-5-7-16-8-6-12)10-14(13)17-23(21,22)18(3)4/h5-8,11,13-14,17H,9-10H2,1-4H3/t13-,14+/m0/s1. The van der Waals surface area contributed by atoms with Crippen LogP contribution in [-0.2, 0) is 10.2 Å². The summed E-state index contributed by atoms with van der Waals surface area (Å²) in [6, 6.07) is 3.06. The van der Waals surface area contributed by atoms with Crippen LogP contribution in [0, 0.1) is 11.8 Å². The smallest absolute Gasteiger partial charge is 0.279 e. The fourth-order valence-corrected chi connectivity index (χ4v) is 3.61. The minimum Gasteiger partial charge on any atom is -0.337 e. The summed E-state index contributed by atoms with van der Waals surface area (Å²) in [7, 11) is -0.551. The molecular formula is C15H24N4O3S. The van der Waals surface area contributed by atoms with Crippen molar-refractivity contribution < 1.29 is 13.2 Å². The highest BCUT2D eigenvalue weighted by atomic mass is 32.2. The quantitative estimate of drug-likeness (QED) is 0.850. The molecule has 1 aliphatic rings. The van der Waals surface area contributed by atoms with Crippen LogP contribution in [0.15, 0.2) is 24.5 Å². The van der Waals surface area contributed by atoms with Crippen LogP contribution in [-0.4, -0.2) is 61.7 Å². The van der Waals surface area contributed by atoms with Crippen LogP contribution < -0.4 is 4.72 Å². The normalized spacial score (nSPS) is 22.1. The lowest BCUT2D eigenvalue weighted by molar-refractivity contribution is 0.0783. The minimum atomic E-state index is -3.53. The molecule has 1 amide bonds. The van der Waals surface area contributed by atoms with Gasteiger partial charge in [-0.3, -0.25) is 9.78 Å². The average molecular weight is 340 g/mol. The Kier molecular flexibility index (Phi) is 5.38. The Bertz CT molecular complexity index is 646. The maximum absolute atomic E-state index is 12.6. The van der Waals surface area contributed by atoms with E-state index in [4.69, 9.17) is 0 Å². The number of rotatable bonds is 5. The average Bonchev–Trinajstić information content (AvgIpc) is 2.90. The number of aromatic nitrogens is 1. The molecule has 128 valence electrons. The second-order valence-electron chi connectivity index (χ2n) is 6.37. The third-order valence-electron chi connectivity index (χ3n) is 4.22. The first-order chi connectivity index (χ1) is 10.7. The summed E-state index contributed by atoms with van der Waals surface area (Å²) in [5, 5.41) is 0. The van der Waals surface area contributed by atoms with Gasteiger partial charge in [-0.15, -0.1) is 0 Å². The van der Waals surface area contributed by atoms with Crippen LogP contribution in [0.25, 0.3) is 0 Å². The molecule has 0 unspecified atom stereocenters. The van der Waals surface area contributed by atoms with E-state index in [9.17, 15) is 13.2 Å². The molecule has 1 fully saturated rings. The van der Waals surface area contributed by atoms with Gasteiger partial charge in [-0.2, -0.15) is 17.4 Å². The van der Waals surface area contributed by atoms with Gasteiger partial charge in [0.25, 0.3) is 16.1 Å². The Hall–Kier alpha value is -1.51. The molecule has 1 saturated heterocycles. The lowest BCUT2D eigenvalue weighted by Gasteiger charge is -2.24. The maximum atomic E-state index is 12.6. The number of pyridine rings is 1. The zero-order valence-corrected chi connectivity index (χ0v) is 14.7. The van der Waals surface area contributed by atoms with Gasteiger partial charge in [-0.05, 0) is 24.0 Å². The van der Waals surface area contributed by atoms with Gasteiger partial charge >= 0.3 is 0 Å². The van der Waals surface area contributed by atoms with Crippen molar-refractivity contribution in [3.05, 3.63) is 30.1 Å². The predicted molar refractivity (Wildman–Crippen MR) is 88.0 cm³/mol. The zero-order valence-electron chi connectivity index (χ0n) is 13.9. The largest absolute Gasteiger partial charge is 0.337 e. The van der Waals surface area contributed by atoms with Gasteiger partial charge in [0.15, 0.2) is 0 Å². The Morgan fingerprint density at radius 1 is 1.30 bits per heavy atom. The molecule has 1 aliphatic heterocycles. The van der Waals surface area contributed by atoms with Crippen LogP contribution in [0.5, 0.6) is 0 Å². The summed E-state index contributed by atoms with van der Waals surface area (Å²) in [6.07, 6.45) is 3.16. The zero-order chi connectivity index (χ0) is 17.2. The van der Waals surface area contributed by atoms with Crippen LogP contribution in [0.1, 0.15) is 24.2 Å². The summed E-state index contributed by atoms with van der Waals surface area (Å²) in [5.74, 6) is 0.250. The molecule has 0 saturated carbocycles. The van der Waals surface area contributed by atoms with E-state index in [0.29, 0.717) is 18.7 Å². The SMILES string of the molecule is CC(C)[C@@H]1CN(C(=O)c2ccncc2)C[C@H]1NS(=O)(=O)N(C)C. The highest BCUT2D eigenvalue weighted by Gasteiger charge is 2.39. The number of amides is 1. The third kappa shape index (κ3) is 4.07. The number of carbonyl (C=O) groups excluding carboxylic acids is 1.